The zero-order chi connectivity index (χ0) is 12.5. The fourth-order valence-corrected chi connectivity index (χ4v) is 2.42. The molecule has 4 nitrogen and oxygen atoms in total. The number of aromatic amines is 1. The Balaban J connectivity index is 2.23. The first-order valence-corrected chi connectivity index (χ1v) is 5.94. The number of phenolic OH excluding ortho intramolecular Hbond substituents is 1. The smallest absolute Gasteiger partial charge is 0.117 e. The first-order valence-electron chi connectivity index (χ1n) is 5.94. The highest BCUT2D eigenvalue weighted by atomic mass is 16.3. The molecule has 1 aliphatic rings. The molecule has 0 radical (unpaired) electrons. The van der Waals surface area contributed by atoms with Crippen LogP contribution in [-0.4, -0.2) is 23.2 Å². The molecular weight excluding hydrogens is 226 g/mol. The van der Waals surface area contributed by atoms with Crippen LogP contribution in [0.2, 0.25) is 0 Å². The standard InChI is InChI=1S/C14H13N3O/c15-6-10-4-11(18)5-12-13(8-17-14(10)12)9-2-1-3-16-7-9/h2,4-5,8,16-18H,1,3,7H2. The van der Waals surface area contributed by atoms with Crippen LogP contribution in [0.25, 0.3) is 16.5 Å². The first-order chi connectivity index (χ1) is 8.79. The first kappa shape index (κ1) is 10.9. The van der Waals surface area contributed by atoms with Gasteiger partial charge in [-0.3, -0.25) is 0 Å². The van der Waals surface area contributed by atoms with Crippen LogP contribution >= 0.6 is 0 Å². The molecule has 0 amide bonds. The predicted octanol–water partition coefficient (Wildman–Crippen LogP) is 2.12. The zero-order valence-corrected chi connectivity index (χ0v) is 9.83. The lowest BCUT2D eigenvalue weighted by Gasteiger charge is -2.13. The van der Waals surface area contributed by atoms with E-state index >= 15 is 0 Å². The predicted molar refractivity (Wildman–Crippen MR) is 70.1 cm³/mol. The monoisotopic (exact) mass is 239 g/mol. The number of fused-ring (bicyclic) bond motifs is 1. The van der Waals surface area contributed by atoms with Gasteiger partial charge in [0.1, 0.15) is 11.8 Å². The normalized spacial score (nSPS) is 15.4. The van der Waals surface area contributed by atoms with E-state index < -0.39 is 0 Å². The Morgan fingerprint density at radius 3 is 2.94 bits per heavy atom. The highest BCUT2D eigenvalue weighted by Gasteiger charge is 2.13. The van der Waals surface area contributed by atoms with Gasteiger partial charge < -0.3 is 15.4 Å². The summed E-state index contributed by atoms with van der Waals surface area (Å²) in [4.78, 5) is 3.13. The van der Waals surface area contributed by atoms with Gasteiger partial charge in [-0.05, 0) is 30.7 Å². The maximum absolute atomic E-state index is 9.68. The quantitative estimate of drug-likeness (QED) is 0.713. The minimum Gasteiger partial charge on any atom is -0.508 e. The molecular formula is C14H13N3O. The van der Waals surface area contributed by atoms with Crippen molar-refractivity contribution in [1.29, 1.82) is 5.26 Å². The molecule has 4 heteroatoms. The van der Waals surface area contributed by atoms with Gasteiger partial charge in [-0.25, -0.2) is 0 Å². The van der Waals surface area contributed by atoms with E-state index in [2.05, 4.69) is 22.4 Å². The second-order valence-electron chi connectivity index (χ2n) is 4.42. The summed E-state index contributed by atoms with van der Waals surface area (Å²) in [5, 5.41) is 23.0. The minimum absolute atomic E-state index is 0.129. The molecule has 0 fully saturated rings. The molecule has 0 spiro atoms. The summed E-state index contributed by atoms with van der Waals surface area (Å²) in [5.41, 5.74) is 3.53. The Morgan fingerprint density at radius 2 is 2.22 bits per heavy atom. The van der Waals surface area contributed by atoms with Crippen molar-refractivity contribution in [2.24, 2.45) is 0 Å². The number of hydrogen-bond donors (Lipinski definition) is 3. The minimum atomic E-state index is 0.129. The van der Waals surface area contributed by atoms with Crippen molar-refractivity contribution in [3.05, 3.63) is 35.5 Å². The summed E-state index contributed by atoms with van der Waals surface area (Å²) < 4.78 is 0. The van der Waals surface area contributed by atoms with E-state index in [1.54, 1.807) is 6.07 Å². The van der Waals surface area contributed by atoms with Crippen molar-refractivity contribution < 1.29 is 5.11 Å². The molecule has 2 aromatic rings. The van der Waals surface area contributed by atoms with Crippen LogP contribution < -0.4 is 5.32 Å². The number of hydrogen-bond acceptors (Lipinski definition) is 3. The molecule has 0 unspecified atom stereocenters. The number of aromatic hydroxyl groups is 1. The van der Waals surface area contributed by atoms with Crippen LogP contribution in [0.1, 0.15) is 17.5 Å². The summed E-state index contributed by atoms with van der Waals surface area (Å²) in [6.45, 7) is 1.82. The van der Waals surface area contributed by atoms with Crippen LogP contribution in [0.3, 0.4) is 0 Å². The number of H-pyrrole nitrogens is 1. The lowest BCUT2D eigenvalue weighted by molar-refractivity contribution is 0.476. The lowest BCUT2D eigenvalue weighted by atomic mass is 10.0. The summed E-state index contributed by atoms with van der Waals surface area (Å²) in [6.07, 6.45) is 5.12. The van der Waals surface area contributed by atoms with Crippen LogP contribution in [0.5, 0.6) is 5.75 Å². The van der Waals surface area contributed by atoms with E-state index in [0.717, 1.165) is 36.0 Å². The Labute approximate surface area is 105 Å². The second-order valence-corrected chi connectivity index (χ2v) is 4.42. The number of nitriles is 1. The van der Waals surface area contributed by atoms with Crippen molar-refractivity contribution in [1.82, 2.24) is 10.3 Å². The highest BCUT2D eigenvalue weighted by Crippen LogP contribution is 2.31. The summed E-state index contributed by atoms with van der Waals surface area (Å²) in [5.74, 6) is 0.129. The lowest BCUT2D eigenvalue weighted by Crippen LogP contribution is -2.21. The van der Waals surface area contributed by atoms with Gasteiger partial charge in [0, 0.05) is 23.7 Å². The van der Waals surface area contributed by atoms with Gasteiger partial charge in [-0.15, -0.1) is 0 Å². The van der Waals surface area contributed by atoms with Gasteiger partial charge >= 0.3 is 0 Å². The van der Waals surface area contributed by atoms with E-state index in [4.69, 9.17) is 5.26 Å². The highest BCUT2D eigenvalue weighted by molar-refractivity contribution is 5.96. The number of rotatable bonds is 1. The fraction of sp³-hybridized carbons (Fsp3) is 0.214. The maximum atomic E-state index is 9.68. The van der Waals surface area contributed by atoms with Gasteiger partial charge in [-0.1, -0.05) is 6.08 Å². The average molecular weight is 239 g/mol. The van der Waals surface area contributed by atoms with Gasteiger partial charge in [0.15, 0.2) is 0 Å². The number of phenols is 1. The Kier molecular flexibility index (Phi) is 2.54. The number of aromatic nitrogens is 1. The Morgan fingerprint density at radius 1 is 1.33 bits per heavy atom. The summed E-state index contributed by atoms with van der Waals surface area (Å²) >= 11 is 0. The summed E-state index contributed by atoms with van der Waals surface area (Å²) in [7, 11) is 0. The molecule has 90 valence electrons. The molecule has 1 aromatic carbocycles. The van der Waals surface area contributed by atoms with E-state index in [9.17, 15) is 5.11 Å². The second kappa shape index (κ2) is 4.21. The molecule has 3 N–H and O–H groups in total. The van der Waals surface area contributed by atoms with Gasteiger partial charge in [0.25, 0.3) is 0 Å². The molecule has 0 saturated heterocycles. The zero-order valence-electron chi connectivity index (χ0n) is 9.83. The third-order valence-corrected chi connectivity index (χ3v) is 3.27. The van der Waals surface area contributed by atoms with Crippen molar-refractivity contribution in [2.45, 2.75) is 6.42 Å². The molecule has 3 rings (SSSR count). The number of nitrogens with one attached hydrogen (secondary N) is 2. The third kappa shape index (κ3) is 1.66. The SMILES string of the molecule is N#Cc1cc(O)cc2c(C3=CCCNC3)c[nH]c12. The van der Waals surface area contributed by atoms with E-state index in [0.29, 0.717) is 5.56 Å². The van der Waals surface area contributed by atoms with Crippen LogP contribution in [0, 0.1) is 11.3 Å². The molecule has 1 aliphatic heterocycles. The Hall–Kier alpha value is -2.25. The Bertz CT molecular complexity index is 676. The number of benzene rings is 1. The van der Waals surface area contributed by atoms with Crippen molar-refractivity contribution in [3.63, 3.8) is 0 Å². The molecule has 0 atom stereocenters. The topological polar surface area (TPSA) is 71.8 Å². The largest absolute Gasteiger partial charge is 0.508 e. The molecule has 1 aromatic heterocycles. The van der Waals surface area contributed by atoms with Crippen LogP contribution in [0.15, 0.2) is 24.4 Å². The fourth-order valence-electron chi connectivity index (χ4n) is 2.42. The molecule has 18 heavy (non-hydrogen) atoms. The summed E-state index contributed by atoms with van der Waals surface area (Å²) in [6, 6.07) is 5.29. The van der Waals surface area contributed by atoms with E-state index in [-0.39, 0.29) is 5.75 Å². The van der Waals surface area contributed by atoms with E-state index in [1.807, 2.05) is 6.20 Å². The molecule has 0 aliphatic carbocycles. The van der Waals surface area contributed by atoms with E-state index in [1.165, 1.54) is 11.6 Å². The van der Waals surface area contributed by atoms with Gasteiger partial charge in [0.2, 0.25) is 0 Å². The van der Waals surface area contributed by atoms with Crippen LogP contribution in [0.4, 0.5) is 0 Å². The van der Waals surface area contributed by atoms with Crippen molar-refractivity contribution in [3.8, 4) is 11.8 Å². The van der Waals surface area contributed by atoms with Gasteiger partial charge in [0.05, 0.1) is 11.1 Å². The molecule has 2 heterocycles. The van der Waals surface area contributed by atoms with Crippen molar-refractivity contribution >= 4 is 16.5 Å². The third-order valence-electron chi connectivity index (χ3n) is 3.27. The van der Waals surface area contributed by atoms with Gasteiger partial charge in [-0.2, -0.15) is 5.26 Å². The van der Waals surface area contributed by atoms with Crippen LogP contribution in [-0.2, 0) is 0 Å². The number of nitrogens with zero attached hydrogens (tertiary/aromatic N) is 1. The average Bonchev–Trinajstić information content (AvgIpc) is 2.82. The molecule has 0 bridgehead atoms. The molecule has 0 saturated carbocycles. The van der Waals surface area contributed by atoms with Crippen molar-refractivity contribution in [2.75, 3.05) is 13.1 Å². The maximum Gasteiger partial charge on any atom is 0.117 e.